The predicted octanol–water partition coefficient (Wildman–Crippen LogP) is 1.13. The summed E-state index contributed by atoms with van der Waals surface area (Å²) in [7, 11) is 0. The van der Waals surface area contributed by atoms with Crippen molar-refractivity contribution in [3.63, 3.8) is 0 Å². The Morgan fingerprint density at radius 1 is 1.10 bits per heavy atom. The molecular weight excluding hydrogens is 262 g/mol. The van der Waals surface area contributed by atoms with Crippen molar-refractivity contribution in [1.29, 1.82) is 0 Å². The van der Waals surface area contributed by atoms with Gasteiger partial charge < -0.3 is 14.4 Å². The second-order valence-electron chi connectivity index (χ2n) is 4.77. The van der Waals surface area contributed by atoms with E-state index >= 15 is 0 Å². The van der Waals surface area contributed by atoms with Crippen molar-refractivity contribution in [2.24, 2.45) is 5.92 Å². The van der Waals surface area contributed by atoms with Crippen molar-refractivity contribution in [2.75, 3.05) is 19.8 Å². The molecule has 0 aromatic heterocycles. The minimum Gasteiger partial charge on any atom is -0.464 e. The zero-order chi connectivity index (χ0) is 15.3. The number of esters is 2. The number of likely N-dealkylation sites (tertiary alicyclic amines) is 1. The topological polar surface area (TPSA) is 72.9 Å². The van der Waals surface area contributed by atoms with Gasteiger partial charge in [-0.2, -0.15) is 0 Å². The van der Waals surface area contributed by atoms with Crippen LogP contribution in [0.2, 0.25) is 0 Å². The number of nitrogens with zero attached hydrogens (tertiary/aromatic N) is 1. The van der Waals surface area contributed by atoms with E-state index in [9.17, 15) is 14.4 Å². The molecule has 1 rings (SSSR count). The maximum absolute atomic E-state index is 12.5. The van der Waals surface area contributed by atoms with Crippen LogP contribution >= 0.6 is 0 Å². The average Bonchev–Trinajstić information content (AvgIpc) is 2.79. The van der Waals surface area contributed by atoms with Crippen LogP contribution in [0, 0.1) is 5.92 Å². The summed E-state index contributed by atoms with van der Waals surface area (Å²) in [5, 5.41) is 0. The Morgan fingerprint density at radius 3 is 1.95 bits per heavy atom. The highest BCUT2D eigenvalue weighted by Gasteiger charge is 2.62. The SMILES string of the molecule is CCOC(=O)C1(C(=O)OCC)C(CC)CCN1C(C)=O. The summed E-state index contributed by atoms with van der Waals surface area (Å²) in [5.74, 6) is -1.96. The maximum Gasteiger partial charge on any atom is 0.344 e. The molecule has 0 saturated carbocycles. The van der Waals surface area contributed by atoms with Gasteiger partial charge in [0.05, 0.1) is 13.2 Å². The third-order valence-electron chi connectivity index (χ3n) is 3.76. The molecule has 1 unspecified atom stereocenters. The number of carbonyl (C=O) groups excluding carboxylic acids is 3. The molecule has 1 aliphatic rings. The highest BCUT2D eigenvalue weighted by molar-refractivity contribution is 6.08. The molecule has 1 heterocycles. The summed E-state index contributed by atoms with van der Waals surface area (Å²) in [6.45, 7) is 7.26. The summed E-state index contributed by atoms with van der Waals surface area (Å²) >= 11 is 0. The van der Waals surface area contributed by atoms with Gasteiger partial charge in [-0.05, 0) is 26.7 Å². The summed E-state index contributed by atoms with van der Waals surface area (Å²) < 4.78 is 10.2. The largest absolute Gasteiger partial charge is 0.464 e. The fraction of sp³-hybridized carbons (Fsp3) is 0.786. The molecule has 1 amide bonds. The molecule has 0 radical (unpaired) electrons. The summed E-state index contributed by atoms with van der Waals surface area (Å²) in [4.78, 5) is 38.1. The number of rotatable bonds is 5. The molecule has 1 atom stereocenters. The lowest BCUT2D eigenvalue weighted by molar-refractivity contribution is -0.179. The Bertz CT molecular complexity index is 375. The first-order chi connectivity index (χ1) is 9.46. The standard InChI is InChI=1S/C14H23NO5/c1-5-11-8-9-15(10(4)16)14(11,12(17)19-6-2)13(18)20-7-3/h11H,5-9H2,1-4H3. The first-order valence-corrected chi connectivity index (χ1v) is 7.09. The molecule has 0 aromatic rings. The molecule has 1 saturated heterocycles. The van der Waals surface area contributed by atoms with Crippen molar-refractivity contribution in [3.05, 3.63) is 0 Å². The van der Waals surface area contributed by atoms with E-state index in [2.05, 4.69) is 0 Å². The first-order valence-electron chi connectivity index (χ1n) is 7.09. The molecular formula is C14H23NO5. The number of hydrogen-bond acceptors (Lipinski definition) is 5. The van der Waals surface area contributed by atoms with Gasteiger partial charge in [0.25, 0.3) is 0 Å². The average molecular weight is 285 g/mol. The van der Waals surface area contributed by atoms with Crippen molar-refractivity contribution >= 4 is 17.8 Å². The van der Waals surface area contributed by atoms with Gasteiger partial charge in [0, 0.05) is 19.4 Å². The smallest absolute Gasteiger partial charge is 0.344 e. The lowest BCUT2D eigenvalue weighted by Gasteiger charge is -2.36. The molecule has 1 aliphatic heterocycles. The first kappa shape index (κ1) is 16.5. The van der Waals surface area contributed by atoms with Gasteiger partial charge in [0.2, 0.25) is 11.4 Å². The molecule has 20 heavy (non-hydrogen) atoms. The summed E-state index contributed by atoms with van der Waals surface area (Å²) in [5.41, 5.74) is -1.62. The number of hydrogen-bond donors (Lipinski definition) is 0. The van der Waals surface area contributed by atoms with Gasteiger partial charge in [-0.3, -0.25) is 4.79 Å². The second kappa shape index (κ2) is 6.72. The Kier molecular flexibility index (Phi) is 5.53. The zero-order valence-electron chi connectivity index (χ0n) is 12.6. The zero-order valence-corrected chi connectivity index (χ0v) is 12.6. The van der Waals surface area contributed by atoms with E-state index in [1.807, 2.05) is 6.92 Å². The Labute approximate surface area is 119 Å². The Balaban J connectivity index is 3.32. The van der Waals surface area contributed by atoms with Gasteiger partial charge >= 0.3 is 11.9 Å². The van der Waals surface area contributed by atoms with E-state index in [1.54, 1.807) is 13.8 Å². The summed E-state index contributed by atoms with van der Waals surface area (Å²) in [6, 6.07) is 0. The normalized spacial score (nSPS) is 20.6. The molecule has 0 N–H and O–H groups in total. The predicted molar refractivity (Wildman–Crippen MR) is 71.8 cm³/mol. The summed E-state index contributed by atoms with van der Waals surface area (Å²) in [6.07, 6.45) is 1.19. The molecule has 1 fully saturated rings. The van der Waals surface area contributed by atoms with E-state index in [-0.39, 0.29) is 25.0 Å². The fourth-order valence-electron chi connectivity index (χ4n) is 2.92. The van der Waals surface area contributed by atoms with Gasteiger partial charge in [0.15, 0.2) is 0 Å². The van der Waals surface area contributed by atoms with Crippen LogP contribution in [0.25, 0.3) is 0 Å². The molecule has 0 aromatic carbocycles. The van der Waals surface area contributed by atoms with Gasteiger partial charge in [0.1, 0.15) is 0 Å². The van der Waals surface area contributed by atoms with Gasteiger partial charge in [-0.1, -0.05) is 6.92 Å². The van der Waals surface area contributed by atoms with Crippen LogP contribution in [0.1, 0.15) is 40.5 Å². The lowest BCUT2D eigenvalue weighted by atomic mass is 9.82. The van der Waals surface area contributed by atoms with Crippen molar-refractivity contribution in [3.8, 4) is 0 Å². The Morgan fingerprint density at radius 2 is 1.60 bits per heavy atom. The van der Waals surface area contributed by atoms with Crippen molar-refractivity contribution in [1.82, 2.24) is 4.90 Å². The van der Waals surface area contributed by atoms with Crippen LogP contribution in [0.15, 0.2) is 0 Å². The number of ether oxygens (including phenoxy) is 2. The van der Waals surface area contributed by atoms with Crippen LogP contribution in [0.5, 0.6) is 0 Å². The van der Waals surface area contributed by atoms with Crippen molar-refractivity contribution < 1.29 is 23.9 Å². The lowest BCUT2D eigenvalue weighted by Crippen LogP contribution is -2.62. The van der Waals surface area contributed by atoms with E-state index in [4.69, 9.17) is 9.47 Å². The van der Waals surface area contributed by atoms with Crippen LogP contribution in [-0.4, -0.2) is 48.0 Å². The van der Waals surface area contributed by atoms with Crippen LogP contribution < -0.4 is 0 Å². The van der Waals surface area contributed by atoms with Crippen LogP contribution in [0.3, 0.4) is 0 Å². The third-order valence-corrected chi connectivity index (χ3v) is 3.76. The minimum atomic E-state index is -1.62. The molecule has 114 valence electrons. The van der Waals surface area contributed by atoms with E-state index < -0.39 is 17.5 Å². The van der Waals surface area contributed by atoms with Crippen LogP contribution in [0.4, 0.5) is 0 Å². The molecule has 0 spiro atoms. The number of carbonyl (C=O) groups is 3. The van der Waals surface area contributed by atoms with Gasteiger partial charge in [-0.25, -0.2) is 9.59 Å². The molecule has 6 heteroatoms. The third kappa shape index (κ3) is 2.51. The molecule has 0 bridgehead atoms. The molecule has 6 nitrogen and oxygen atoms in total. The van der Waals surface area contributed by atoms with Crippen molar-refractivity contribution in [2.45, 2.75) is 46.1 Å². The molecule has 0 aliphatic carbocycles. The van der Waals surface area contributed by atoms with Gasteiger partial charge in [-0.15, -0.1) is 0 Å². The second-order valence-corrected chi connectivity index (χ2v) is 4.77. The highest BCUT2D eigenvalue weighted by atomic mass is 16.6. The van der Waals surface area contributed by atoms with E-state index in [1.165, 1.54) is 11.8 Å². The van der Waals surface area contributed by atoms with E-state index in [0.717, 1.165) is 0 Å². The maximum atomic E-state index is 12.5. The van der Waals surface area contributed by atoms with E-state index in [0.29, 0.717) is 19.4 Å². The minimum absolute atomic E-state index is 0.155. The fourth-order valence-corrected chi connectivity index (χ4v) is 2.92. The number of amides is 1. The van der Waals surface area contributed by atoms with Crippen LogP contribution in [-0.2, 0) is 23.9 Å². The highest BCUT2D eigenvalue weighted by Crippen LogP contribution is 2.39. The quantitative estimate of drug-likeness (QED) is 0.559. The monoisotopic (exact) mass is 285 g/mol. The Hall–Kier alpha value is -1.59.